The summed E-state index contributed by atoms with van der Waals surface area (Å²) in [5.41, 5.74) is 0. The molecule has 1 aromatic heterocycles. The molecule has 0 bridgehead atoms. The van der Waals surface area contributed by atoms with Crippen molar-refractivity contribution in [3.8, 4) is 0 Å². The van der Waals surface area contributed by atoms with Crippen LogP contribution in [0.15, 0.2) is 6.07 Å². The Labute approximate surface area is 117 Å². The van der Waals surface area contributed by atoms with Gasteiger partial charge in [-0.1, -0.05) is 33.6 Å². The van der Waals surface area contributed by atoms with E-state index in [4.69, 9.17) is 0 Å². The van der Waals surface area contributed by atoms with Crippen molar-refractivity contribution in [3.05, 3.63) is 11.9 Å². The van der Waals surface area contributed by atoms with Gasteiger partial charge in [0.2, 0.25) is 0 Å². The number of hydrogen-bond donors (Lipinski definition) is 2. The largest absolute Gasteiger partial charge is 0.370 e. The van der Waals surface area contributed by atoms with Crippen LogP contribution in [-0.4, -0.2) is 23.1 Å². The molecule has 0 radical (unpaired) electrons. The van der Waals surface area contributed by atoms with E-state index in [2.05, 4.69) is 48.3 Å². The smallest absolute Gasteiger partial charge is 0.133 e. The van der Waals surface area contributed by atoms with E-state index in [1.54, 1.807) is 0 Å². The van der Waals surface area contributed by atoms with Crippen molar-refractivity contribution in [2.45, 2.75) is 53.4 Å². The second-order valence-corrected chi connectivity index (χ2v) is 4.90. The number of anilines is 2. The molecule has 0 atom stereocenters. The van der Waals surface area contributed by atoms with Gasteiger partial charge in [0.25, 0.3) is 0 Å². The van der Waals surface area contributed by atoms with Gasteiger partial charge in [0, 0.05) is 25.6 Å². The predicted octanol–water partition coefficient (Wildman–Crippen LogP) is 3.71. The first-order valence-corrected chi connectivity index (χ1v) is 7.59. The van der Waals surface area contributed by atoms with Gasteiger partial charge in [-0.05, 0) is 19.3 Å². The van der Waals surface area contributed by atoms with Crippen molar-refractivity contribution in [2.75, 3.05) is 23.7 Å². The lowest BCUT2D eigenvalue weighted by molar-refractivity contribution is 0.518. The Bertz CT molecular complexity index is 337. The lowest BCUT2D eigenvalue weighted by Crippen LogP contribution is -2.15. The third kappa shape index (κ3) is 5.45. The van der Waals surface area contributed by atoms with Crippen molar-refractivity contribution < 1.29 is 0 Å². The van der Waals surface area contributed by atoms with E-state index in [9.17, 15) is 0 Å². The maximum atomic E-state index is 4.58. The minimum Gasteiger partial charge on any atom is -0.370 e. The summed E-state index contributed by atoms with van der Waals surface area (Å²) in [5.74, 6) is 3.51. The average Bonchev–Trinajstić information content (AvgIpc) is 2.40. The molecular formula is C15H28N4. The molecule has 0 aliphatic heterocycles. The van der Waals surface area contributed by atoms with Crippen LogP contribution in [0.4, 0.5) is 11.6 Å². The molecule has 0 fully saturated rings. The summed E-state index contributed by atoms with van der Waals surface area (Å²) in [6.07, 6.45) is 4.41. The first kappa shape index (κ1) is 15.7. The van der Waals surface area contributed by atoms with Crippen LogP contribution >= 0.6 is 0 Å². The number of aryl methyl sites for hydroxylation is 1. The molecule has 108 valence electrons. The Balaban J connectivity index is 2.74. The Morgan fingerprint density at radius 3 is 2.16 bits per heavy atom. The Hall–Kier alpha value is -1.32. The molecule has 0 unspecified atom stereocenters. The van der Waals surface area contributed by atoms with Crippen LogP contribution < -0.4 is 10.6 Å². The maximum absolute atomic E-state index is 4.58. The van der Waals surface area contributed by atoms with Gasteiger partial charge in [0.05, 0.1) is 0 Å². The average molecular weight is 264 g/mol. The number of rotatable bonds is 9. The van der Waals surface area contributed by atoms with Crippen molar-refractivity contribution in [1.82, 2.24) is 9.97 Å². The van der Waals surface area contributed by atoms with Crippen molar-refractivity contribution in [1.29, 1.82) is 0 Å². The highest BCUT2D eigenvalue weighted by atomic mass is 15.1. The zero-order valence-electron chi connectivity index (χ0n) is 12.8. The molecule has 4 nitrogen and oxygen atoms in total. The molecular weight excluding hydrogens is 236 g/mol. The zero-order valence-corrected chi connectivity index (χ0v) is 12.8. The quantitative estimate of drug-likeness (QED) is 0.714. The molecule has 2 N–H and O–H groups in total. The second-order valence-electron chi connectivity index (χ2n) is 4.90. The molecule has 1 rings (SSSR count). The summed E-state index contributed by atoms with van der Waals surface area (Å²) in [6, 6.07) is 2.00. The summed E-state index contributed by atoms with van der Waals surface area (Å²) >= 11 is 0. The normalized spacial score (nSPS) is 10.8. The van der Waals surface area contributed by atoms with Crippen LogP contribution in [0, 0.1) is 5.92 Å². The van der Waals surface area contributed by atoms with Gasteiger partial charge in [-0.15, -0.1) is 0 Å². The second kappa shape index (κ2) is 8.73. The fourth-order valence-electron chi connectivity index (χ4n) is 2.02. The van der Waals surface area contributed by atoms with Crippen LogP contribution in [0.25, 0.3) is 0 Å². The monoisotopic (exact) mass is 264 g/mol. The van der Waals surface area contributed by atoms with Gasteiger partial charge in [0.1, 0.15) is 17.5 Å². The summed E-state index contributed by atoms with van der Waals surface area (Å²) in [4.78, 5) is 9.10. The SMILES string of the molecule is CCCc1nc(NCC)cc(NCC(CC)CC)n1. The van der Waals surface area contributed by atoms with E-state index in [-0.39, 0.29) is 0 Å². The van der Waals surface area contributed by atoms with Crippen molar-refractivity contribution >= 4 is 11.6 Å². The first-order chi connectivity index (χ1) is 9.23. The number of nitrogens with one attached hydrogen (secondary N) is 2. The van der Waals surface area contributed by atoms with E-state index in [0.717, 1.165) is 43.4 Å². The Kier molecular flexibility index (Phi) is 7.23. The molecule has 0 aliphatic rings. The van der Waals surface area contributed by atoms with E-state index in [1.807, 2.05) is 6.07 Å². The molecule has 0 aromatic carbocycles. The van der Waals surface area contributed by atoms with E-state index >= 15 is 0 Å². The standard InChI is InChI=1S/C15H28N4/c1-5-9-13-18-14(16-8-4)10-15(19-13)17-11-12(6-2)7-3/h10,12H,5-9,11H2,1-4H3,(H2,16,17,18,19). The van der Waals surface area contributed by atoms with Crippen LogP contribution in [0.1, 0.15) is 52.8 Å². The molecule has 4 heteroatoms. The zero-order chi connectivity index (χ0) is 14.1. The van der Waals surface area contributed by atoms with Crippen LogP contribution in [0.3, 0.4) is 0 Å². The Morgan fingerprint density at radius 1 is 1.00 bits per heavy atom. The minimum absolute atomic E-state index is 0.715. The van der Waals surface area contributed by atoms with Crippen molar-refractivity contribution in [3.63, 3.8) is 0 Å². The van der Waals surface area contributed by atoms with Gasteiger partial charge in [-0.25, -0.2) is 9.97 Å². The number of aromatic nitrogens is 2. The highest BCUT2D eigenvalue weighted by Crippen LogP contribution is 2.14. The van der Waals surface area contributed by atoms with Gasteiger partial charge >= 0.3 is 0 Å². The number of nitrogens with zero attached hydrogens (tertiary/aromatic N) is 2. The van der Waals surface area contributed by atoms with Gasteiger partial charge < -0.3 is 10.6 Å². The third-order valence-electron chi connectivity index (χ3n) is 3.33. The summed E-state index contributed by atoms with van der Waals surface area (Å²) < 4.78 is 0. The summed E-state index contributed by atoms with van der Waals surface area (Å²) in [5, 5.41) is 6.72. The highest BCUT2D eigenvalue weighted by Gasteiger charge is 2.06. The fraction of sp³-hybridized carbons (Fsp3) is 0.733. The van der Waals surface area contributed by atoms with E-state index < -0.39 is 0 Å². The lowest BCUT2D eigenvalue weighted by Gasteiger charge is -2.15. The van der Waals surface area contributed by atoms with Crippen molar-refractivity contribution in [2.24, 2.45) is 5.92 Å². The predicted molar refractivity (Wildman–Crippen MR) is 82.8 cm³/mol. The van der Waals surface area contributed by atoms with Crippen LogP contribution in [0.2, 0.25) is 0 Å². The molecule has 0 saturated heterocycles. The third-order valence-corrected chi connectivity index (χ3v) is 3.33. The van der Waals surface area contributed by atoms with E-state index in [1.165, 1.54) is 12.8 Å². The topological polar surface area (TPSA) is 49.8 Å². The van der Waals surface area contributed by atoms with Gasteiger partial charge in [-0.3, -0.25) is 0 Å². The summed E-state index contributed by atoms with van der Waals surface area (Å²) in [6.45, 7) is 10.6. The van der Waals surface area contributed by atoms with Crippen LogP contribution in [-0.2, 0) is 6.42 Å². The number of hydrogen-bond acceptors (Lipinski definition) is 4. The highest BCUT2D eigenvalue weighted by molar-refractivity contribution is 5.47. The van der Waals surface area contributed by atoms with E-state index in [0.29, 0.717) is 5.92 Å². The molecule has 1 heterocycles. The summed E-state index contributed by atoms with van der Waals surface area (Å²) in [7, 11) is 0. The van der Waals surface area contributed by atoms with Crippen LogP contribution in [0.5, 0.6) is 0 Å². The molecule has 0 saturated carbocycles. The fourth-order valence-corrected chi connectivity index (χ4v) is 2.02. The van der Waals surface area contributed by atoms with Gasteiger partial charge in [0.15, 0.2) is 0 Å². The first-order valence-electron chi connectivity index (χ1n) is 7.59. The van der Waals surface area contributed by atoms with Gasteiger partial charge in [-0.2, -0.15) is 0 Å². The molecule has 19 heavy (non-hydrogen) atoms. The molecule has 0 aliphatic carbocycles. The Morgan fingerprint density at radius 2 is 1.63 bits per heavy atom. The molecule has 1 aromatic rings. The molecule has 0 amide bonds. The molecule has 0 spiro atoms. The minimum atomic E-state index is 0.715. The maximum Gasteiger partial charge on any atom is 0.133 e. The lowest BCUT2D eigenvalue weighted by atomic mass is 10.0.